The Bertz CT molecular complexity index is 1070. The average Bonchev–Trinajstić information content (AvgIpc) is 2.88. The van der Waals surface area contributed by atoms with Gasteiger partial charge in [-0.05, 0) is 73.4 Å². The summed E-state index contributed by atoms with van der Waals surface area (Å²) in [5, 5.41) is 0. The zero-order valence-corrected chi connectivity index (χ0v) is 21.1. The van der Waals surface area contributed by atoms with E-state index in [1.54, 1.807) is 12.1 Å². The molecule has 0 N–H and O–H groups in total. The third kappa shape index (κ3) is 8.56. The van der Waals surface area contributed by atoms with E-state index in [4.69, 9.17) is 4.74 Å². The molecule has 1 unspecified atom stereocenters. The van der Waals surface area contributed by atoms with Crippen LogP contribution < -0.4 is 0 Å². The number of allylic oxidation sites excluding steroid dienone is 2. The number of halogens is 1. The molecule has 1 aromatic heterocycles. The number of hydrogen-bond acceptors (Lipinski definition) is 3. The Morgan fingerprint density at radius 1 is 0.943 bits per heavy atom. The second kappa shape index (κ2) is 14.3. The average molecular weight is 473 g/mol. The van der Waals surface area contributed by atoms with E-state index in [1.807, 2.05) is 54.9 Å². The van der Waals surface area contributed by atoms with Crippen LogP contribution in [-0.4, -0.2) is 22.7 Å². The first-order chi connectivity index (χ1) is 17.1. The Hall–Kier alpha value is -3.11. The van der Waals surface area contributed by atoms with Crippen molar-refractivity contribution in [3.63, 3.8) is 0 Å². The molecule has 3 aromatic rings. The number of nitrogens with zero attached hydrogens (tertiary/aromatic N) is 2. The van der Waals surface area contributed by atoms with Gasteiger partial charge in [-0.25, -0.2) is 14.4 Å². The van der Waals surface area contributed by atoms with Crippen LogP contribution in [0.2, 0.25) is 0 Å². The van der Waals surface area contributed by atoms with E-state index < -0.39 is 0 Å². The summed E-state index contributed by atoms with van der Waals surface area (Å²) in [6, 6.07) is 13.4. The highest BCUT2D eigenvalue weighted by Crippen LogP contribution is 2.26. The molecule has 0 aliphatic rings. The highest BCUT2D eigenvalue weighted by molar-refractivity contribution is 5.70. The Labute approximate surface area is 209 Å². The van der Waals surface area contributed by atoms with Gasteiger partial charge in [-0.1, -0.05) is 68.3 Å². The molecular formula is C31H37FN2O. The van der Waals surface area contributed by atoms with Gasteiger partial charge >= 0.3 is 0 Å². The van der Waals surface area contributed by atoms with Gasteiger partial charge in [-0.3, -0.25) is 0 Å². The van der Waals surface area contributed by atoms with Crippen LogP contribution >= 0.6 is 0 Å². The van der Waals surface area contributed by atoms with Crippen LogP contribution in [0.3, 0.4) is 0 Å². The molecule has 0 saturated heterocycles. The third-order valence-electron chi connectivity index (χ3n) is 6.04. The molecule has 35 heavy (non-hydrogen) atoms. The largest absolute Gasteiger partial charge is 0.379 e. The third-order valence-corrected chi connectivity index (χ3v) is 6.04. The van der Waals surface area contributed by atoms with Crippen LogP contribution in [0.4, 0.5) is 4.39 Å². The second-order valence-electron chi connectivity index (χ2n) is 8.93. The summed E-state index contributed by atoms with van der Waals surface area (Å²) in [7, 11) is 0. The molecule has 1 atom stereocenters. The first kappa shape index (κ1) is 26.5. The lowest BCUT2D eigenvalue weighted by Gasteiger charge is -2.11. The molecule has 3 nitrogen and oxygen atoms in total. The van der Waals surface area contributed by atoms with Crippen molar-refractivity contribution < 1.29 is 9.13 Å². The maximum atomic E-state index is 14.3. The second-order valence-corrected chi connectivity index (χ2v) is 8.93. The lowest BCUT2D eigenvalue weighted by Crippen LogP contribution is -2.08. The first-order valence-corrected chi connectivity index (χ1v) is 12.7. The fraction of sp³-hybridized carbons (Fsp3) is 0.355. The minimum absolute atomic E-state index is 0.200. The van der Waals surface area contributed by atoms with E-state index in [0.29, 0.717) is 23.9 Å². The minimum Gasteiger partial charge on any atom is -0.379 e. The van der Waals surface area contributed by atoms with Crippen molar-refractivity contribution in [2.75, 3.05) is 6.61 Å². The van der Waals surface area contributed by atoms with Crippen molar-refractivity contribution in [1.29, 1.82) is 0 Å². The fourth-order valence-corrected chi connectivity index (χ4v) is 3.91. The summed E-state index contributed by atoms with van der Waals surface area (Å²) < 4.78 is 20.1. The molecule has 0 aliphatic carbocycles. The number of unbranched alkanes of at least 4 members (excludes halogenated alkanes) is 3. The summed E-state index contributed by atoms with van der Waals surface area (Å²) in [5.41, 5.74) is 4.47. The zero-order chi connectivity index (χ0) is 24.9. The van der Waals surface area contributed by atoms with Crippen molar-refractivity contribution in [1.82, 2.24) is 9.97 Å². The lowest BCUT2D eigenvalue weighted by molar-refractivity contribution is 0.0566. The van der Waals surface area contributed by atoms with E-state index in [1.165, 1.54) is 12.8 Å². The summed E-state index contributed by atoms with van der Waals surface area (Å²) in [6.07, 6.45) is 17.1. The maximum absolute atomic E-state index is 14.3. The van der Waals surface area contributed by atoms with Gasteiger partial charge in [0.05, 0.1) is 6.10 Å². The van der Waals surface area contributed by atoms with Gasteiger partial charge in [-0.2, -0.15) is 0 Å². The summed E-state index contributed by atoms with van der Waals surface area (Å²) in [4.78, 5) is 8.97. The van der Waals surface area contributed by atoms with E-state index in [2.05, 4.69) is 36.5 Å². The number of ether oxygens (including phenoxy) is 1. The molecule has 0 saturated carbocycles. The van der Waals surface area contributed by atoms with Gasteiger partial charge in [0.15, 0.2) is 5.82 Å². The standard InChI is InChI=1S/C31H37FN2O/c1-4-6-10-20-35-24(3)12-8-7-9-13-31-33-22-29(23-34-31)26-16-14-25(15-17-26)28-19-18-27(11-5-2)30(32)21-28/h5,9,13-19,21-24H,2,4,6-8,10-12,20H2,1,3H3. The molecule has 0 fully saturated rings. The van der Waals surface area contributed by atoms with Gasteiger partial charge in [-0.15, -0.1) is 6.58 Å². The highest BCUT2D eigenvalue weighted by Gasteiger charge is 2.06. The quantitative estimate of drug-likeness (QED) is 0.174. The number of hydrogen-bond donors (Lipinski definition) is 0. The summed E-state index contributed by atoms with van der Waals surface area (Å²) in [6.45, 7) is 8.91. The highest BCUT2D eigenvalue weighted by atomic mass is 19.1. The number of rotatable bonds is 14. The molecule has 0 amide bonds. The van der Waals surface area contributed by atoms with Crippen molar-refractivity contribution in [3.05, 3.63) is 90.8 Å². The zero-order valence-electron chi connectivity index (χ0n) is 21.1. The van der Waals surface area contributed by atoms with Crippen LogP contribution in [0, 0.1) is 5.82 Å². The molecular weight excluding hydrogens is 435 g/mol. The Balaban J connectivity index is 1.49. The maximum Gasteiger partial charge on any atom is 0.151 e. The van der Waals surface area contributed by atoms with Gasteiger partial charge in [0.1, 0.15) is 5.82 Å². The van der Waals surface area contributed by atoms with Crippen molar-refractivity contribution in [2.45, 2.75) is 64.9 Å². The van der Waals surface area contributed by atoms with Crippen molar-refractivity contribution >= 4 is 6.08 Å². The predicted molar refractivity (Wildman–Crippen MR) is 145 cm³/mol. The molecule has 0 radical (unpaired) electrons. The van der Waals surface area contributed by atoms with Gasteiger partial charge < -0.3 is 4.74 Å². The number of aromatic nitrogens is 2. The van der Waals surface area contributed by atoms with Crippen molar-refractivity contribution in [2.24, 2.45) is 0 Å². The van der Waals surface area contributed by atoms with E-state index >= 15 is 0 Å². The van der Waals surface area contributed by atoms with Gasteiger partial charge in [0, 0.05) is 24.6 Å². The Kier molecular flexibility index (Phi) is 10.8. The van der Waals surface area contributed by atoms with Crippen LogP contribution in [0.15, 0.2) is 73.6 Å². The molecule has 1 heterocycles. The minimum atomic E-state index is -0.200. The molecule has 4 heteroatoms. The van der Waals surface area contributed by atoms with E-state index in [0.717, 1.165) is 54.5 Å². The van der Waals surface area contributed by atoms with Crippen LogP contribution in [0.1, 0.15) is 63.8 Å². The molecule has 0 bridgehead atoms. The van der Waals surface area contributed by atoms with Gasteiger partial charge in [0.25, 0.3) is 0 Å². The summed E-state index contributed by atoms with van der Waals surface area (Å²) in [5.74, 6) is 0.512. The molecule has 0 aliphatic heterocycles. The normalized spacial score (nSPS) is 12.2. The van der Waals surface area contributed by atoms with Gasteiger partial charge in [0.2, 0.25) is 0 Å². The number of benzene rings is 2. The molecule has 2 aromatic carbocycles. The monoisotopic (exact) mass is 472 g/mol. The van der Waals surface area contributed by atoms with Crippen LogP contribution in [0.5, 0.6) is 0 Å². The smallest absolute Gasteiger partial charge is 0.151 e. The van der Waals surface area contributed by atoms with Crippen LogP contribution in [-0.2, 0) is 11.2 Å². The first-order valence-electron chi connectivity index (χ1n) is 12.7. The van der Waals surface area contributed by atoms with E-state index in [-0.39, 0.29) is 5.82 Å². The molecule has 184 valence electrons. The van der Waals surface area contributed by atoms with Crippen LogP contribution in [0.25, 0.3) is 28.3 Å². The Morgan fingerprint density at radius 2 is 1.63 bits per heavy atom. The lowest BCUT2D eigenvalue weighted by atomic mass is 10.00. The fourth-order valence-electron chi connectivity index (χ4n) is 3.91. The SMILES string of the molecule is C=CCc1ccc(-c2ccc(-c3cnc(C=CCCCC(C)OCCCCC)nc3)cc2)cc1F. The summed E-state index contributed by atoms with van der Waals surface area (Å²) >= 11 is 0. The van der Waals surface area contributed by atoms with E-state index in [9.17, 15) is 4.39 Å². The molecule has 0 spiro atoms. The topological polar surface area (TPSA) is 35.0 Å². The predicted octanol–water partition coefficient (Wildman–Crippen LogP) is 8.46. The van der Waals surface area contributed by atoms with Crippen molar-refractivity contribution in [3.8, 4) is 22.3 Å². The molecule has 3 rings (SSSR count). The Morgan fingerprint density at radius 3 is 2.29 bits per heavy atom.